The molecule has 28 heavy (non-hydrogen) atoms. The zero-order valence-electron chi connectivity index (χ0n) is 15.8. The van der Waals surface area contributed by atoms with Crippen LogP contribution in [0.4, 0.5) is 17.6 Å². The smallest absolute Gasteiger partial charge is 0.356 e. The minimum absolute atomic E-state index is 0.191. The highest BCUT2D eigenvalue weighted by atomic mass is 19.4. The molecular formula is C19H25F4N5. The Morgan fingerprint density at radius 1 is 1.29 bits per heavy atom. The Labute approximate surface area is 162 Å². The third kappa shape index (κ3) is 7.35. The Kier molecular flexibility index (Phi) is 8.05. The van der Waals surface area contributed by atoms with Crippen molar-refractivity contribution in [3.63, 3.8) is 0 Å². The fourth-order valence-electron chi connectivity index (χ4n) is 3.26. The molecule has 0 atom stereocenters. The minimum Gasteiger partial charge on any atom is -0.356 e. The summed E-state index contributed by atoms with van der Waals surface area (Å²) in [5, 5.41) is 15.0. The van der Waals surface area contributed by atoms with Gasteiger partial charge in [-0.25, -0.2) is 4.39 Å². The molecule has 0 radical (unpaired) electrons. The summed E-state index contributed by atoms with van der Waals surface area (Å²) in [4.78, 5) is 5.54. The third-order valence-corrected chi connectivity index (χ3v) is 4.80. The van der Waals surface area contributed by atoms with E-state index in [1.807, 2.05) is 6.07 Å². The zero-order chi connectivity index (χ0) is 20.6. The van der Waals surface area contributed by atoms with Crippen LogP contribution in [-0.4, -0.2) is 50.3 Å². The number of rotatable bonds is 6. The molecule has 5 nitrogen and oxygen atoms in total. The summed E-state index contributed by atoms with van der Waals surface area (Å²) in [5.41, 5.74) is 0.761. The van der Waals surface area contributed by atoms with Crippen molar-refractivity contribution in [2.24, 2.45) is 10.9 Å². The lowest BCUT2D eigenvalue weighted by atomic mass is 9.93. The Hall–Kier alpha value is -2.34. The molecule has 1 fully saturated rings. The number of halogens is 4. The van der Waals surface area contributed by atoms with Crippen LogP contribution in [-0.2, 0) is 6.54 Å². The number of nitrogens with zero attached hydrogens (tertiary/aromatic N) is 3. The van der Waals surface area contributed by atoms with E-state index in [1.165, 1.54) is 23.1 Å². The van der Waals surface area contributed by atoms with Crippen LogP contribution in [0.1, 0.15) is 30.4 Å². The molecule has 0 saturated carbocycles. The van der Waals surface area contributed by atoms with Crippen molar-refractivity contribution in [2.45, 2.75) is 32.0 Å². The second-order valence-corrected chi connectivity index (χ2v) is 6.89. The SMILES string of the molecule is CN=C(NCCC1CCN(CC(F)(F)F)CC1)NCc1cc(C#N)ccc1F. The highest BCUT2D eigenvalue weighted by Crippen LogP contribution is 2.23. The molecule has 9 heteroatoms. The van der Waals surface area contributed by atoms with Crippen molar-refractivity contribution in [3.8, 4) is 6.07 Å². The van der Waals surface area contributed by atoms with Gasteiger partial charge in [0, 0.05) is 25.7 Å². The van der Waals surface area contributed by atoms with E-state index in [0.717, 1.165) is 19.3 Å². The number of nitrogens with one attached hydrogen (secondary N) is 2. The van der Waals surface area contributed by atoms with Crippen LogP contribution in [0.15, 0.2) is 23.2 Å². The van der Waals surface area contributed by atoms with E-state index in [4.69, 9.17) is 5.26 Å². The van der Waals surface area contributed by atoms with Gasteiger partial charge < -0.3 is 10.6 Å². The monoisotopic (exact) mass is 399 g/mol. The van der Waals surface area contributed by atoms with Gasteiger partial charge in [0.25, 0.3) is 0 Å². The molecule has 0 bridgehead atoms. The fraction of sp³-hybridized carbons (Fsp3) is 0.579. The molecule has 0 spiro atoms. The van der Waals surface area contributed by atoms with Gasteiger partial charge in [-0.05, 0) is 56.5 Å². The average molecular weight is 399 g/mol. The number of guanidine groups is 1. The highest BCUT2D eigenvalue weighted by molar-refractivity contribution is 5.79. The number of hydrogen-bond acceptors (Lipinski definition) is 3. The van der Waals surface area contributed by atoms with E-state index in [0.29, 0.717) is 42.6 Å². The summed E-state index contributed by atoms with van der Waals surface area (Å²) in [6, 6.07) is 6.15. The Morgan fingerprint density at radius 3 is 2.61 bits per heavy atom. The summed E-state index contributed by atoms with van der Waals surface area (Å²) in [7, 11) is 1.60. The molecule has 1 heterocycles. The van der Waals surface area contributed by atoms with Crippen molar-refractivity contribution in [1.82, 2.24) is 15.5 Å². The average Bonchev–Trinajstić information content (AvgIpc) is 2.65. The van der Waals surface area contributed by atoms with Crippen molar-refractivity contribution in [3.05, 3.63) is 35.1 Å². The molecule has 2 rings (SSSR count). The van der Waals surface area contributed by atoms with Crippen LogP contribution < -0.4 is 10.6 Å². The molecule has 1 aliphatic heterocycles. The molecule has 0 aliphatic carbocycles. The van der Waals surface area contributed by atoms with Crippen molar-refractivity contribution >= 4 is 5.96 Å². The van der Waals surface area contributed by atoms with Gasteiger partial charge in [-0.1, -0.05) is 0 Å². The number of alkyl halides is 3. The lowest BCUT2D eigenvalue weighted by molar-refractivity contribution is -0.148. The van der Waals surface area contributed by atoms with Crippen LogP contribution in [0.5, 0.6) is 0 Å². The first-order valence-electron chi connectivity index (χ1n) is 9.23. The van der Waals surface area contributed by atoms with Gasteiger partial charge in [0.1, 0.15) is 5.82 Å². The third-order valence-electron chi connectivity index (χ3n) is 4.80. The minimum atomic E-state index is -4.14. The summed E-state index contributed by atoms with van der Waals surface area (Å²) in [6.07, 6.45) is -1.82. The van der Waals surface area contributed by atoms with Crippen molar-refractivity contribution < 1.29 is 17.6 Å². The molecule has 2 N–H and O–H groups in total. The van der Waals surface area contributed by atoms with Gasteiger partial charge in [-0.3, -0.25) is 9.89 Å². The summed E-state index contributed by atoms with van der Waals surface area (Å²) in [5.74, 6) is 0.490. The van der Waals surface area contributed by atoms with E-state index in [1.54, 1.807) is 7.05 Å². The molecule has 154 valence electrons. The van der Waals surface area contributed by atoms with Crippen LogP contribution >= 0.6 is 0 Å². The van der Waals surface area contributed by atoms with E-state index < -0.39 is 18.5 Å². The van der Waals surface area contributed by atoms with Gasteiger partial charge in [-0.2, -0.15) is 18.4 Å². The second kappa shape index (κ2) is 10.3. The Bertz CT molecular complexity index is 703. The van der Waals surface area contributed by atoms with Gasteiger partial charge in [-0.15, -0.1) is 0 Å². The highest BCUT2D eigenvalue weighted by Gasteiger charge is 2.32. The standard InChI is InChI=1S/C19H25F4N5/c1-25-18(27-12-16-10-15(11-24)2-3-17(16)20)26-7-4-14-5-8-28(9-6-14)13-19(21,22)23/h2-3,10,14H,4-9,12-13H2,1H3,(H2,25,26,27). The largest absolute Gasteiger partial charge is 0.401 e. The predicted octanol–water partition coefficient (Wildman–Crippen LogP) is 3.03. The second-order valence-electron chi connectivity index (χ2n) is 6.89. The van der Waals surface area contributed by atoms with E-state index in [-0.39, 0.29) is 6.54 Å². The Morgan fingerprint density at radius 2 is 2.00 bits per heavy atom. The fourth-order valence-corrected chi connectivity index (χ4v) is 3.26. The molecule has 0 amide bonds. The summed E-state index contributed by atoms with van der Waals surface area (Å²) < 4.78 is 51.1. The normalized spacial score (nSPS) is 16.6. The molecule has 1 saturated heterocycles. The summed E-state index contributed by atoms with van der Waals surface area (Å²) >= 11 is 0. The predicted molar refractivity (Wildman–Crippen MR) is 99.2 cm³/mol. The van der Waals surface area contributed by atoms with Crippen LogP contribution in [0, 0.1) is 23.1 Å². The lowest BCUT2D eigenvalue weighted by Gasteiger charge is -2.32. The van der Waals surface area contributed by atoms with Gasteiger partial charge >= 0.3 is 6.18 Å². The number of hydrogen-bond donors (Lipinski definition) is 2. The van der Waals surface area contributed by atoms with E-state index >= 15 is 0 Å². The maximum absolute atomic E-state index is 13.8. The number of aliphatic imine (C=N–C) groups is 1. The van der Waals surface area contributed by atoms with Crippen LogP contribution in [0.2, 0.25) is 0 Å². The van der Waals surface area contributed by atoms with E-state index in [9.17, 15) is 17.6 Å². The van der Waals surface area contributed by atoms with Gasteiger partial charge in [0.2, 0.25) is 0 Å². The number of nitriles is 1. The molecule has 0 aromatic heterocycles. The first-order chi connectivity index (χ1) is 13.3. The molecular weight excluding hydrogens is 374 g/mol. The Balaban J connectivity index is 1.70. The zero-order valence-corrected chi connectivity index (χ0v) is 15.8. The quantitative estimate of drug-likeness (QED) is 0.439. The number of benzene rings is 1. The van der Waals surface area contributed by atoms with Crippen LogP contribution in [0.3, 0.4) is 0 Å². The summed E-state index contributed by atoms with van der Waals surface area (Å²) in [6.45, 7) is 0.913. The maximum atomic E-state index is 13.8. The van der Waals surface area contributed by atoms with Gasteiger partial charge in [0.15, 0.2) is 5.96 Å². The number of piperidine rings is 1. The number of likely N-dealkylation sites (tertiary alicyclic amines) is 1. The topological polar surface area (TPSA) is 63.5 Å². The molecule has 1 aromatic carbocycles. The first kappa shape index (κ1) is 22.0. The van der Waals surface area contributed by atoms with E-state index in [2.05, 4.69) is 15.6 Å². The van der Waals surface area contributed by atoms with Gasteiger partial charge in [0.05, 0.1) is 18.2 Å². The maximum Gasteiger partial charge on any atom is 0.401 e. The molecule has 0 unspecified atom stereocenters. The first-order valence-corrected chi connectivity index (χ1v) is 9.23. The van der Waals surface area contributed by atoms with Crippen molar-refractivity contribution in [2.75, 3.05) is 33.2 Å². The molecule has 1 aromatic rings. The van der Waals surface area contributed by atoms with Crippen molar-refractivity contribution in [1.29, 1.82) is 5.26 Å². The lowest BCUT2D eigenvalue weighted by Crippen LogP contribution is -2.41. The molecule has 1 aliphatic rings. The van der Waals surface area contributed by atoms with Crippen LogP contribution in [0.25, 0.3) is 0 Å².